The van der Waals surface area contributed by atoms with Crippen LogP contribution in [0.1, 0.15) is 33.1 Å². The minimum absolute atomic E-state index is 0.0453. The van der Waals surface area contributed by atoms with Gasteiger partial charge < -0.3 is 15.7 Å². The first kappa shape index (κ1) is 13.4. The van der Waals surface area contributed by atoms with Crippen LogP contribution in [0.3, 0.4) is 0 Å². The molecule has 0 aliphatic carbocycles. The lowest BCUT2D eigenvalue weighted by atomic mass is 10.2. The summed E-state index contributed by atoms with van der Waals surface area (Å²) in [4.78, 5) is 11.1. The molecule has 0 saturated carbocycles. The molecule has 0 fully saturated rings. The van der Waals surface area contributed by atoms with Gasteiger partial charge in [-0.15, -0.1) is 0 Å². The van der Waals surface area contributed by atoms with Crippen molar-refractivity contribution >= 4 is 5.91 Å². The molecule has 84 valence electrons. The van der Waals surface area contributed by atoms with Gasteiger partial charge in [0.2, 0.25) is 5.91 Å². The van der Waals surface area contributed by atoms with E-state index in [-0.39, 0.29) is 12.0 Å². The minimum atomic E-state index is -0.245. The van der Waals surface area contributed by atoms with Gasteiger partial charge in [0, 0.05) is 6.54 Å². The lowest BCUT2D eigenvalue weighted by Gasteiger charge is -2.06. The zero-order valence-corrected chi connectivity index (χ0v) is 9.18. The number of rotatable bonds is 8. The first-order chi connectivity index (χ1) is 6.66. The fourth-order valence-corrected chi connectivity index (χ4v) is 1.05. The molecule has 0 aliphatic heterocycles. The molecule has 0 aromatic heterocycles. The molecular weight excluding hydrogens is 180 g/mol. The van der Waals surface area contributed by atoms with Crippen molar-refractivity contribution in [3.05, 3.63) is 0 Å². The van der Waals surface area contributed by atoms with E-state index in [0.29, 0.717) is 6.54 Å². The van der Waals surface area contributed by atoms with Crippen LogP contribution in [0.4, 0.5) is 0 Å². The van der Waals surface area contributed by atoms with E-state index in [2.05, 4.69) is 10.6 Å². The third-order valence-corrected chi connectivity index (χ3v) is 1.83. The number of hydrogen-bond acceptors (Lipinski definition) is 3. The Morgan fingerprint density at radius 3 is 2.71 bits per heavy atom. The number of carbonyl (C=O) groups excluding carboxylic acids is 1. The van der Waals surface area contributed by atoms with E-state index in [1.165, 1.54) is 0 Å². The second-order valence-corrected chi connectivity index (χ2v) is 3.52. The Morgan fingerprint density at radius 2 is 2.14 bits per heavy atom. The van der Waals surface area contributed by atoms with Crippen molar-refractivity contribution in [1.82, 2.24) is 10.6 Å². The number of amides is 1. The molecule has 1 amide bonds. The highest BCUT2D eigenvalue weighted by Crippen LogP contribution is 1.92. The highest BCUT2D eigenvalue weighted by atomic mass is 16.3. The molecule has 0 aromatic rings. The number of aliphatic hydroxyl groups is 1. The predicted octanol–water partition coefficient (Wildman–Crippen LogP) is 0.263. The molecule has 0 radical (unpaired) electrons. The SMILES string of the molecule is CCCNC(=O)CNCCCC(C)O. The lowest BCUT2D eigenvalue weighted by molar-refractivity contribution is -0.120. The van der Waals surface area contributed by atoms with Crippen LogP contribution in [-0.4, -0.2) is 36.8 Å². The summed E-state index contributed by atoms with van der Waals surface area (Å²) >= 11 is 0. The van der Waals surface area contributed by atoms with Crippen LogP contribution in [0.15, 0.2) is 0 Å². The summed E-state index contributed by atoms with van der Waals surface area (Å²) in [5, 5.41) is 14.8. The molecule has 14 heavy (non-hydrogen) atoms. The Hall–Kier alpha value is -0.610. The van der Waals surface area contributed by atoms with Gasteiger partial charge in [-0.2, -0.15) is 0 Å². The second kappa shape index (κ2) is 8.97. The van der Waals surface area contributed by atoms with Gasteiger partial charge in [0.05, 0.1) is 12.6 Å². The van der Waals surface area contributed by atoms with Gasteiger partial charge in [-0.3, -0.25) is 4.79 Å². The highest BCUT2D eigenvalue weighted by Gasteiger charge is 1.99. The average Bonchev–Trinajstić information content (AvgIpc) is 2.13. The zero-order valence-electron chi connectivity index (χ0n) is 9.18. The Bertz CT molecular complexity index is 149. The van der Waals surface area contributed by atoms with Crippen molar-refractivity contribution in [2.24, 2.45) is 0 Å². The van der Waals surface area contributed by atoms with Gasteiger partial charge in [0.1, 0.15) is 0 Å². The molecule has 4 heteroatoms. The van der Waals surface area contributed by atoms with E-state index >= 15 is 0 Å². The Labute approximate surface area is 86.1 Å². The van der Waals surface area contributed by atoms with Crippen molar-refractivity contribution in [1.29, 1.82) is 0 Å². The number of hydrogen-bond donors (Lipinski definition) is 3. The molecule has 0 saturated heterocycles. The summed E-state index contributed by atoms with van der Waals surface area (Å²) in [6.45, 7) is 5.70. The van der Waals surface area contributed by atoms with Crippen LogP contribution < -0.4 is 10.6 Å². The number of aliphatic hydroxyl groups excluding tert-OH is 1. The summed E-state index contributed by atoms with van der Waals surface area (Å²) in [6, 6.07) is 0. The van der Waals surface area contributed by atoms with Crippen molar-refractivity contribution < 1.29 is 9.90 Å². The molecule has 0 rings (SSSR count). The summed E-state index contributed by atoms with van der Waals surface area (Å²) < 4.78 is 0. The maximum Gasteiger partial charge on any atom is 0.233 e. The molecule has 0 spiro atoms. The highest BCUT2D eigenvalue weighted by molar-refractivity contribution is 5.77. The van der Waals surface area contributed by atoms with Crippen molar-refractivity contribution in [3.8, 4) is 0 Å². The molecule has 0 bridgehead atoms. The average molecular weight is 202 g/mol. The van der Waals surface area contributed by atoms with Crippen LogP contribution in [0, 0.1) is 0 Å². The van der Waals surface area contributed by atoms with Crippen LogP contribution in [0.25, 0.3) is 0 Å². The fraction of sp³-hybridized carbons (Fsp3) is 0.900. The molecule has 1 unspecified atom stereocenters. The molecule has 0 aliphatic rings. The Balaban J connectivity index is 3.15. The van der Waals surface area contributed by atoms with Crippen molar-refractivity contribution in [2.75, 3.05) is 19.6 Å². The van der Waals surface area contributed by atoms with Gasteiger partial charge >= 0.3 is 0 Å². The minimum Gasteiger partial charge on any atom is -0.393 e. The molecular formula is C10H22N2O2. The largest absolute Gasteiger partial charge is 0.393 e. The second-order valence-electron chi connectivity index (χ2n) is 3.52. The van der Waals surface area contributed by atoms with Crippen LogP contribution in [0.2, 0.25) is 0 Å². The molecule has 3 N–H and O–H groups in total. The number of nitrogens with one attached hydrogen (secondary N) is 2. The monoisotopic (exact) mass is 202 g/mol. The Kier molecular flexibility index (Phi) is 8.57. The lowest BCUT2D eigenvalue weighted by Crippen LogP contribution is -2.34. The van der Waals surface area contributed by atoms with Gasteiger partial charge in [0.15, 0.2) is 0 Å². The predicted molar refractivity (Wildman–Crippen MR) is 57.1 cm³/mol. The van der Waals surface area contributed by atoms with Gasteiger partial charge in [0.25, 0.3) is 0 Å². The van der Waals surface area contributed by atoms with Crippen molar-refractivity contribution in [2.45, 2.75) is 39.2 Å². The maximum atomic E-state index is 11.1. The van der Waals surface area contributed by atoms with Crippen LogP contribution in [-0.2, 0) is 4.79 Å². The van der Waals surface area contributed by atoms with E-state index in [9.17, 15) is 4.79 Å². The van der Waals surface area contributed by atoms with Gasteiger partial charge in [-0.25, -0.2) is 0 Å². The smallest absolute Gasteiger partial charge is 0.233 e. The maximum absolute atomic E-state index is 11.1. The molecule has 0 aromatic carbocycles. The van der Waals surface area contributed by atoms with Gasteiger partial charge in [-0.1, -0.05) is 6.92 Å². The summed E-state index contributed by atoms with van der Waals surface area (Å²) in [5.74, 6) is 0.0453. The molecule has 1 atom stereocenters. The van der Waals surface area contributed by atoms with Crippen LogP contribution >= 0.6 is 0 Å². The van der Waals surface area contributed by atoms with E-state index in [4.69, 9.17) is 5.11 Å². The fourth-order valence-electron chi connectivity index (χ4n) is 1.05. The van der Waals surface area contributed by atoms with Gasteiger partial charge in [-0.05, 0) is 32.7 Å². The third-order valence-electron chi connectivity index (χ3n) is 1.83. The van der Waals surface area contributed by atoms with Crippen LogP contribution in [0.5, 0.6) is 0 Å². The standard InChI is InChI=1S/C10H22N2O2/c1-3-6-12-10(14)8-11-7-4-5-9(2)13/h9,11,13H,3-8H2,1-2H3,(H,12,14). The normalized spacial score (nSPS) is 12.5. The third kappa shape index (κ3) is 9.48. The van der Waals surface area contributed by atoms with E-state index in [0.717, 1.165) is 32.4 Å². The Morgan fingerprint density at radius 1 is 1.43 bits per heavy atom. The zero-order chi connectivity index (χ0) is 10.8. The number of carbonyl (C=O) groups is 1. The summed E-state index contributed by atoms with van der Waals surface area (Å²) in [6.07, 6.45) is 2.40. The van der Waals surface area contributed by atoms with E-state index in [1.807, 2.05) is 6.92 Å². The quantitative estimate of drug-likeness (QED) is 0.495. The van der Waals surface area contributed by atoms with Crippen molar-refractivity contribution in [3.63, 3.8) is 0 Å². The summed E-state index contributed by atoms with van der Waals surface area (Å²) in [7, 11) is 0. The molecule has 0 heterocycles. The first-order valence-electron chi connectivity index (χ1n) is 5.32. The van der Waals surface area contributed by atoms with E-state index < -0.39 is 0 Å². The van der Waals surface area contributed by atoms with E-state index in [1.54, 1.807) is 6.92 Å². The molecule has 4 nitrogen and oxygen atoms in total. The summed E-state index contributed by atoms with van der Waals surface area (Å²) in [5.41, 5.74) is 0. The first-order valence-corrected chi connectivity index (χ1v) is 5.32. The topological polar surface area (TPSA) is 61.4 Å².